The minimum absolute atomic E-state index is 0.0108. The van der Waals surface area contributed by atoms with Crippen LogP contribution in [-0.4, -0.2) is 60.9 Å². The average Bonchev–Trinajstić information content (AvgIpc) is 2.96. The van der Waals surface area contributed by atoms with Crippen LogP contribution in [0, 0.1) is 5.92 Å². The molecule has 6 heteroatoms. The molecule has 0 spiro atoms. The Bertz CT molecular complexity index is 340. The van der Waals surface area contributed by atoms with Gasteiger partial charge in [0.05, 0.1) is 31.7 Å². The van der Waals surface area contributed by atoms with Crippen molar-refractivity contribution in [2.75, 3.05) is 32.9 Å². The molecule has 0 aromatic rings. The summed E-state index contributed by atoms with van der Waals surface area (Å²) in [4.78, 5) is 24.6. The zero-order chi connectivity index (χ0) is 14.4. The molecular weight excluding hydrogens is 262 g/mol. The fourth-order valence-electron chi connectivity index (χ4n) is 2.71. The third-order valence-electron chi connectivity index (χ3n) is 3.91. The topological polar surface area (TPSA) is 76.1 Å². The van der Waals surface area contributed by atoms with Crippen LogP contribution in [0.5, 0.6) is 0 Å². The Balaban J connectivity index is 1.62. The summed E-state index contributed by atoms with van der Waals surface area (Å²) in [6.07, 6.45) is 4.03. The number of nitrogens with zero attached hydrogens (tertiary/aromatic N) is 1. The molecule has 6 nitrogen and oxygen atoms in total. The highest BCUT2D eigenvalue weighted by molar-refractivity contribution is 5.78. The molecule has 0 saturated carbocycles. The van der Waals surface area contributed by atoms with E-state index in [1.807, 2.05) is 0 Å². The van der Waals surface area contributed by atoms with Gasteiger partial charge in [-0.3, -0.25) is 9.59 Å². The molecule has 0 aliphatic carbocycles. The first-order valence-corrected chi connectivity index (χ1v) is 7.36. The largest absolute Gasteiger partial charge is 0.481 e. The molecule has 2 aliphatic rings. The number of aliphatic carboxylic acids is 1. The van der Waals surface area contributed by atoms with Crippen LogP contribution >= 0.6 is 0 Å². The molecule has 2 heterocycles. The lowest BCUT2D eigenvalue weighted by Crippen LogP contribution is -2.42. The van der Waals surface area contributed by atoms with Gasteiger partial charge in [-0.25, -0.2) is 0 Å². The zero-order valence-electron chi connectivity index (χ0n) is 11.8. The first kappa shape index (κ1) is 15.3. The number of piperidine rings is 1. The van der Waals surface area contributed by atoms with Crippen molar-refractivity contribution in [3.05, 3.63) is 0 Å². The highest BCUT2D eigenvalue weighted by Gasteiger charge is 2.27. The van der Waals surface area contributed by atoms with E-state index in [-0.39, 0.29) is 12.0 Å². The minimum atomic E-state index is -0.808. The number of carboxylic acid groups (broad SMARTS) is 1. The highest BCUT2D eigenvalue weighted by atomic mass is 16.5. The van der Waals surface area contributed by atoms with Crippen LogP contribution in [0.4, 0.5) is 0 Å². The van der Waals surface area contributed by atoms with Gasteiger partial charge in [-0.2, -0.15) is 0 Å². The Morgan fingerprint density at radius 2 is 2.15 bits per heavy atom. The van der Waals surface area contributed by atoms with Crippen LogP contribution in [0.15, 0.2) is 0 Å². The Labute approximate surface area is 119 Å². The van der Waals surface area contributed by atoms with Gasteiger partial charge in [0.15, 0.2) is 0 Å². The third kappa shape index (κ3) is 4.45. The second-order valence-electron chi connectivity index (χ2n) is 5.48. The van der Waals surface area contributed by atoms with Crippen molar-refractivity contribution in [1.29, 1.82) is 0 Å². The second-order valence-corrected chi connectivity index (χ2v) is 5.48. The Kier molecular flexibility index (Phi) is 5.79. The number of carboxylic acids is 1. The Morgan fingerprint density at radius 3 is 2.85 bits per heavy atom. The predicted octanol–water partition coefficient (Wildman–Crippen LogP) is 0.895. The molecule has 2 aliphatic heterocycles. The first-order valence-electron chi connectivity index (χ1n) is 7.36. The van der Waals surface area contributed by atoms with E-state index in [2.05, 4.69) is 0 Å². The number of ether oxygens (including phenoxy) is 2. The lowest BCUT2D eigenvalue weighted by Gasteiger charge is -2.30. The summed E-state index contributed by atoms with van der Waals surface area (Å²) in [6.45, 7) is 2.73. The molecule has 1 N–H and O–H groups in total. The van der Waals surface area contributed by atoms with Gasteiger partial charge in [0, 0.05) is 19.7 Å². The molecule has 2 atom stereocenters. The van der Waals surface area contributed by atoms with E-state index in [0.717, 1.165) is 25.9 Å². The number of likely N-dealkylation sites (tertiary alicyclic amines) is 1. The summed E-state index contributed by atoms with van der Waals surface area (Å²) < 4.78 is 10.9. The summed E-state index contributed by atoms with van der Waals surface area (Å²) in [7, 11) is 0. The molecule has 1 unspecified atom stereocenters. The lowest BCUT2D eigenvalue weighted by atomic mass is 9.98. The fraction of sp³-hybridized carbons (Fsp3) is 0.857. The number of rotatable bonds is 6. The van der Waals surface area contributed by atoms with Gasteiger partial charge in [0.1, 0.15) is 0 Å². The number of amides is 1. The van der Waals surface area contributed by atoms with Crippen molar-refractivity contribution in [1.82, 2.24) is 4.90 Å². The maximum Gasteiger partial charge on any atom is 0.308 e. The SMILES string of the molecule is O=C(O)[C@H]1CCCN(C(=O)CCOCC2CCCO2)C1. The second kappa shape index (κ2) is 7.59. The molecule has 2 fully saturated rings. The number of carbonyl (C=O) groups excluding carboxylic acids is 1. The summed E-state index contributed by atoms with van der Waals surface area (Å²) in [6, 6.07) is 0. The Hall–Kier alpha value is -1.14. The van der Waals surface area contributed by atoms with Crippen LogP contribution in [0.2, 0.25) is 0 Å². The third-order valence-corrected chi connectivity index (χ3v) is 3.91. The first-order chi connectivity index (χ1) is 9.66. The van der Waals surface area contributed by atoms with Crippen LogP contribution in [-0.2, 0) is 19.1 Å². The van der Waals surface area contributed by atoms with E-state index < -0.39 is 11.9 Å². The van der Waals surface area contributed by atoms with Crippen LogP contribution in [0.3, 0.4) is 0 Å². The molecule has 0 bridgehead atoms. The normalized spacial score (nSPS) is 26.7. The fourth-order valence-corrected chi connectivity index (χ4v) is 2.71. The van der Waals surface area contributed by atoms with Crippen molar-refractivity contribution in [2.45, 2.75) is 38.2 Å². The number of hydrogen-bond acceptors (Lipinski definition) is 4. The molecule has 0 aromatic heterocycles. The minimum Gasteiger partial charge on any atom is -0.481 e. The molecule has 2 saturated heterocycles. The molecule has 0 radical (unpaired) electrons. The number of carbonyl (C=O) groups is 2. The predicted molar refractivity (Wildman–Crippen MR) is 71.3 cm³/mol. The number of hydrogen-bond donors (Lipinski definition) is 1. The van der Waals surface area contributed by atoms with Gasteiger partial charge in [-0.05, 0) is 25.7 Å². The standard InChI is InChI=1S/C14H23NO5/c16-13(5-8-19-10-12-4-2-7-20-12)15-6-1-3-11(9-15)14(17)18/h11-12H,1-10H2,(H,17,18)/t11-,12?/m0/s1. The van der Waals surface area contributed by atoms with Crippen LogP contribution in [0.25, 0.3) is 0 Å². The van der Waals surface area contributed by atoms with Crippen molar-refractivity contribution >= 4 is 11.9 Å². The smallest absolute Gasteiger partial charge is 0.308 e. The summed E-state index contributed by atoms with van der Waals surface area (Å²) in [5.74, 6) is -1.24. The molecule has 1 amide bonds. The maximum absolute atomic E-state index is 12.0. The highest BCUT2D eigenvalue weighted by Crippen LogP contribution is 2.17. The zero-order valence-corrected chi connectivity index (χ0v) is 11.8. The van der Waals surface area contributed by atoms with E-state index in [9.17, 15) is 9.59 Å². The van der Waals surface area contributed by atoms with Gasteiger partial charge in [0.25, 0.3) is 0 Å². The molecular formula is C14H23NO5. The van der Waals surface area contributed by atoms with E-state index in [1.54, 1.807) is 4.90 Å². The lowest BCUT2D eigenvalue weighted by molar-refractivity contribution is -0.146. The molecule has 0 aromatic carbocycles. The van der Waals surface area contributed by atoms with Crippen molar-refractivity contribution in [3.8, 4) is 0 Å². The van der Waals surface area contributed by atoms with Gasteiger partial charge >= 0.3 is 5.97 Å². The molecule has 114 valence electrons. The Morgan fingerprint density at radius 1 is 1.30 bits per heavy atom. The van der Waals surface area contributed by atoms with Crippen LogP contribution in [0.1, 0.15) is 32.1 Å². The summed E-state index contributed by atoms with van der Waals surface area (Å²) in [5, 5.41) is 9.00. The van der Waals surface area contributed by atoms with E-state index in [0.29, 0.717) is 39.1 Å². The van der Waals surface area contributed by atoms with Crippen molar-refractivity contribution in [2.24, 2.45) is 5.92 Å². The van der Waals surface area contributed by atoms with E-state index in [4.69, 9.17) is 14.6 Å². The van der Waals surface area contributed by atoms with Crippen molar-refractivity contribution < 1.29 is 24.2 Å². The molecule has 2 rings (SSSR count). The van der Waals surface area contributed by atoms with Gasteiger partial charge in [-0.15, -0.1) is 0 Å². The summed E-state index contributed by atoms with van der Waals surface area (Å²) >= 11 is 0. The van der Waals surface area contributed by atoms with Crippen molar-refractivity contribution in [3.63, 3.8) is 0 Å². The van der Waals surface area contributed by atoms with Crippen LogP contribution < -0.4 is 0 Å². The van der Waals surface area contributed by atoms with E-state index >= 15 is 0 Å². The maximum atomic E-state index is 12.0. The quantitative estimate of drug-likeness (QED) is 0.734. The van der Waals surface area contributed by atoms with Gasteiger partial charge < -0.3 is 19.5 Å². The van der Waals surface area contributed by atoms with E-state index in [1.165, 1.54) is 0 Å². The molecule has 20 heavy (non-hydrogen) atoms. The summed E-state index contributed by atoms with van der Waals surface area (Å²) in [5.41, 5.74) is 0. The monoisotopic (exact) mass is 285 g/mol. The average molecular weight is 285 g/mol. The van der Waals surface area contributed by atoms with Gasteiger partial charge in [0.2, 0.25) is 5.91 Å². The van der Waals surface area contributed by atoms with Gasteiger partial charge in [-0.1, -0.05) is 0 Å².